The summed E-state index contributed by atoms with van der Waals surface area (Å²) >= 11 is 0. The van der Waals surface area contributed by atoms with E-state index in [9.17, 15) is 9.59 Å². The van der Waals surface area contributed by atoms with Crippen LogP contribution in [-0.4, -0.2) is 61.0 Å². The lowest BCUT2D eigenvalue weighted by atomic mass is 9.94. The maximum atomic E-state index is 13.1. The number of hydrogen-bond acceptors (Lipinski definition) is 3. The molecule has 0 spiro atoms. The van der Waals surface area contributed by atoms with Crippen LogP contribution < -0.4 is 0 Å². The van der Waals surface area contributed by atoms with Crippen LogP contribution in [0.4, 0.5) is 0 Å². The Morgan fingerprint density at radius 2 is 1.82 bits per heavy atom. The molecule has 1 heterocycles. The molecule has 0 unspecified atom stereocenters. The van der Waals surface area contributed by atoms with Crippen LogP contribution in [0.5, 0.6) is 0 Å². The molecular formula is C23H34N2O3. The van der Waals surface area contributed by atoms with Gasteiger partial charge in [0.05, 0.1) is 6.61 Å². The van der Waals surface area contributed by atoms with E-state index in [4.69, 9.17) is 4.74 Å². The second-order valence-electron chi connectivity index (χ2n) is 7.34. The number of piperidine rings is 1. The van der Waals surface area contributed by atoms with Crippen LogP contribution in [0, 0.1) is 5.92 Å². The molecule has 1 aliphatic rings. The van der Waals surface area contributed by atoms with Gasteiger partial charge in [-0.2, -0.15) is 0 Å². The molecule has 5 nitrogen and oxygen atoms in total. The minimum absolute atomic E-state index is 0.000362. The van der Waals surface area contributed by atoms with Gasteiger partial charge in [-0.15, -0.1) is 0 Å². The highest BCUT2D eigenvalue weighted by molar-refractivity contribution is 5.92. The highest BCUT2D eigenvalue weighted by atomic mass is 16.5. The Labute approximate surface area is 169 Å². The van der Waals surface area contributed by atoms with E-state index in [-0.39, 0.29) is 23.8 Å². The molecule has 1 aromatic carbocycles. The van der Waals surface area contributed by atoms with Crippen LogP contribution in [0.15, 0.2) is 36.4 Å². The van der Waals surface area contributed by atoms with Gasteiger partial charge in [0, 0.05) is 44.8 Å². The fourth-order valence-electron chi connectivity index (χ4n) is 3.81. The summed E-state index contributed by atoms with van der Waals surface area (Å²) in [6.07, 6.45) is 6.84. The molecule has 1 aliphatic heterocycles. The fraction of sp³-hybridized carbons (Fsp3) is 0.565. The first kappa shape index (κ1) is 22.2. The van der Waals surface area contributed by atoms with Gasteiger partial charge in [-0.1, -0.05) is 44.2 Å². The number of carbonyl (C=O) groups is 2. The van der Waals surface area contributed by atoms with E-state index in [2.05, 4.69) is 13.8 Å². The third-order valence-corrected chi connectivity index (χ3v) is 5.58. The van der Waals surface area contributed by atoms with Crippen LogP contribution in [0.25, 0.3) is 6.08 Å². The number of carbonyl (C=O) groups excluding carboxylic acids is 2. The van der Waals surface area contributed by atoms with Crippen molar-refractivity contribution in [2.45, 2.75) is 45.6 Å². The van der Waals surface area contributed by atoms with Crippen molar-refractivity contribution >= 4 is 17.9 Å². The van der Waals surface area contributed by atoms with Crippen LogP contribution in [-0.2, 0) is 14.3 Å². The van der Waals surface area contributed by atoms with Crippen molar-refractivity contribution in [3.63, 3.8) is 0 Å². The predicted octanol–water partition coefficient (Wildman–Crippen LogP) is 3.60. The molecule has 2 rings (SSSR count). The molecule has 28 heavy (non-hydrogen) atoms. The van der Waals surface area contributed by atoms with Crippen molar-refractivity contribution < 1.29 is 14.3 Å². The van der Waals surface area contributed by atoms with Gasteiger partial charge in [-0.25, -0.2) is 0 Å². The molecule has 0 N–H and O–H groups in total. The van der Waals surface area contributed by atoms with E-state index in [1.165, 1.54) is 0 Å². The van der Waals surface area contributed by atoms with Crippen LogP contribution >= 0.6 is 0 Å². The Balaban J connectivity index is 1.91. The quantitative estimate of drug-likeness (QED) is 0.609. The lowest BCUT2D eigenvalue weighted by Crippen LogP contribution is -2.48. The monoisotopic (exact) mass is 386 g/mol. The minimum Gasteiger partial charge on any atom is -0.383 e. The molecule has 0 aliphatic carbocycles. The topological polar surface area (TPSA) is 49.9 Å². The van der Waals surface area contributed by atoms with Gasteiger partial charge >= 0.3 is 0 Å². The Morgan fingerprint density at radius 3 is 2.39 bits per heavy atom. The summed E-state index contributed by atoms with van der Waals surface area (Å²) in [5.74, 6) is 0.239. The number of methoxy groups -OCH3 is 1. The van der Waals surface area contributed by atoms with Gasteiger partial charge in [-0.05, 0) is 37.3 Å². The second kappa shape index (κ2) is 11.6. The highest BCUT2D eigenvalue weighted by Gasteiger charge is 2.31. The largest absolute Gasteiger partial charge is 0.383 e. The zero-order valence-electron chi connectivity index (χ0n) is 17.5. The molecule has 5 heteroatoms. The molecule has 1 aromatic rings. The van der Waals surface area contributed by atoms with Gasteiger partial charge < -0.3 is 14.5 Å². The summed E-state index contributed by atoms with van der Waals surface area (Å²) in [6, 6.07) is 10.1. The zero-order valence-corrected chi connectivity index (χ0v) is 17.5. The first-order valence-electron chi connectivity index (χ1n) is 10.4. The average Bonchev–Trinajstić information content (AvgIpc) is 2.75. The molecular weight excluding hydrogens is 352 g/mol. The van der Waals surface area contributed by atoms with E-state index in [1.54, 1.807) is 13.2 Å². The SMILES string of the molecule is CCC(CC)N(CCOC)C(=O)C1CCN(C(=O)/C=C/c2ccccc2)CC1. The fourth-order valence-corrected chi connectivity index (χ4v) is 3.81. The van der Waals surface area contributed by atoms with Crippen LogP contribution in [0.2, 0.25) is 0 Å². The van der Waals surface area contributed by atoms with E-state index in [0.717, 1.165) is 31.2 Å². The lowest BCUT2D eigenvalue weighted by Gasteiger charge is -2.37. The summed E-state index contributed by atoms with van der Waals surface area (Å²) in [5, 5.41) is 0. The summed E-state index contributed by atoms with van der Waals surface area (Å²) in [7, 11) is 1.67. The van der Waals surface area contributed by atoms with Gasteiger partial charge in [0.1, 0.15) is 0 Å². The molecule has 0 aromatic heterocycles. The molecule has 0 saturated carbocycles. The van der Waals surface area contributed by atoms with Crippen molar-refractivity contribution in [3.8, 4) is 0 Å². The van der Waals surface area contributed by atoms with Crippen molar-refractivity contribution in [2.24, 2.45) is 5.92 Å². The van der Waals surface area contributed by atoms with E-state index in [0.29, 0.717) is 26.2 Å². The average molecular weight is 387 g/mol. The Morgan fingerprint density at radius 1 is 1.18 bits per heavy atom. The molecule has 0 radical (unpaired) electrons. The van der Waals surface area contributed by atoms with Gasteiger partial charge in [0.25, 0.3) is 0 Å². The molecule has 1 fully saturated rings. The van der Waals surface area contributed by atoms with Crippen LogP contribution in [0.3, 0.4) is 0 Å². The molecule has 1 saturated heterocycles. The number of nitrogens with zero attached hydrogens (tertiary/aromatic N) is 2. The summed E-state index contributed by atoms with van der Waals surface area (Å²) in [4.78, 5) is 29.4. The normalized spacial score (nSPS) is 15.4. The number of likely N-dealkylation sites (tertiary alicyclic amines) is 1. The Bertz CT molecular complexity index is 633. The van der Waals surface area contributed by atoms with Crippen molar-refractivity contribution in [3.05, 3.63) is 42.0 Å². The maximum Gasteiger partial charge on any atom is 0.246 e. The van der Waals surface area contributed by atoms with Crippen LogP contribution in [0.1, 0.15) is 45.1 Å². The number of amides is 2. The lowest BCUT2D eigenvalue weighted by molar-refractivity contribution is -0.142. The first-order valence-corrected chi connectivity index (χ1v) is 10.4. The number of hydrogen-bond donors (Lipinski definition) is 0. The minimum atomic E-state index is -0.000362. The van der Waals surface area contributed by atoms with E-state index in [1.807, 2.05) is 46.2 Å². The second-order valence-corrected chi connectivity index (χ2v) is 7.34. The van der Waals surface area contributed by atoms with Crippen molar-refractivity contribution in [1.29, 1.82) is 0 Å². The first-order chi connectivity index (χ1) is 13.6. The summed E-state index contributed by atoms with van der Waals surface area (Å²) in [6.45, 7) is 6.72. The Kier molecular flexibility index (Phi) is 9.21. The molecule has 154 valence electrons. The van der Waals surface area contributed by atoms with Crippen molar-refractivity contribution in [2.75, 3.05) is 33.4 Å². The zero-order chi connectivity index (χ0) is 20.4. The summed E-state index contributed by atoms with van der Waals surface area (Å²) < 4.78 is 5.21. The molecule has 2 amide bonds. The Hall–Kier alpha value is -2.14. The third-order valence-electron chi connectivity index (χ3n) is 5.58. The van der Waals surface area contributed by atoms with Gasteiger partial charge in [0.2, 0.25) is 11.8 Å². The molecule has 0 atom stereocenters. The highest BCUT2D eigenvalue weighted by Crippen LogP contribution is 2.22. The molecule has 0 bridgehead atoms. The third kappa shape index (κ3) is 6.20. The predicted molar refractivity (Wildman–Crippen MR) is 113 cm³/mol. The van der Waals surface area contributed by atoms with Crippen molar-refractivity contribution in [1.82, 2.24) is 9.80 Å². The maximum absolute atomic E-state index is 13.1. The number of benzene rings is 1. The summed E-state index contributed by atoms with van der Waals surface area (Å²) in [5.41, 5.74) is 1.01. The van der Waals surface area contributed by atoms with E-state index < -0.39 is 0 Å². The number of ether oxygens (including phenoxy) is 1. The smallest absolute Gasteiger partial charge is 0.246 e. The number of rotatable bonds is 9. The van der Waals surface area contributed by atoms with E-state index >= 15 is 0 Å². The van der Waals surface area contributed by atoms with Gasteiger partial charge in [-0.3, -0.25) is 9.59 Å². The standard InChI is InChI=1S/C23H34N2O3/c1-4-21(5-2)25(17-18-28-3)23(27)20-13-15-24(16-14-20)22(26)12-11-19-9-7-6-8-10-19/h6-12,20-21H,4-5,13-18H2,1-3H3/b12-11+. The van der Waals surface area contributed by atoms with Gasteiger partial charge in [0.15, 0.2) is 0 Å².